The van der Waals surface area contributed by atoms with Gasteiger partial charge in [-0.3, -0.25) is 14.3 Å². The molecule has 6 heteroatoms. The molecule has 0 unspecified atom stereocenters. The van der Waals surface area contributed by atoms with E-state index in [1.54, 1.807) is 6.20 Å². The fraction of sp³-hybridized carbons (Fsp3) is 0.0625. The van der Waals surface area contributed by atoms with Crippen molar-refractivity contribution in [3.05, 3.63) is 69.5 Å². The Morgan fingerprint density at radius 2 is 2.00 bits per heavy atom. The van der Waals surface area contributed by atoms with Gasteiger partial charge >= 0.3 is 0 Å². The van der Waals surface area contributed by atoms with Crippen LogP contribution < -0.4 is 5.56 Å². The number of pyridine rings is 1. The minimum absolute atomic E-state index is 0.249. The zero-order valence-electron chi connectivity index (χ0n) is 11.4. The van der Waals surface area contributed by atoms with Crippen LogP contribution >= 0.6 is 12.2 Å². The Labute approximate surface area is 129 Å². The normalized spacial score (nSPS) is 11.3. The van der Waals surface area contributed by atoms with Gasteiger partial charge in [0.05, 0.1) is 12.2 Å². The summed E-state index contributed by atoms with van der Waals surface area (Å²) >= 11 is 5.33. The van der Waals surface area contributed by atoms with Crippen LogP contribution in [0.15, 0.2) is 57.9 Å². The van der Waals surface area contributed by atoms with Crippen LogP contribution in [-0.4, -0.2) is 14.5 Å². The maximum Gasteiger partial charge on any atom is 0.298 e. The van der Waals surface area contributed by atoms with Crippen molar-refractivity contribution in [3.63, 3.8) is 0 Å². The Bertz CT molecular complexity index is 1090. The van der Waals surface area contributed by atoms with Crippen molar-refractivity contribution in [2.24, 2.45) is 0 Å². The second-order valence-corrected chi connectivity index (χ2v) is 5.33. The largest absolute Gasteiger partial charge is 0.449 e. The summed E-state index contributed by atoms with van der Waals surface area (Å²) < 4.78 is 7.50. The molecule has 0 atom stereocenters. The molecule has 4 aromatic rings. The molecular formula is C16H11N3O2S. The van der Waals surface area contributed by atoms with Gasteiger partial charge in [-0.25, -0.2) is 0 Å². The maximum absolute atomic E-state index is 12.7. The van der Waals surface area contributed by atoms with Gasteiger partial charge in [0.15, 0.2) is 4.77 Å². The number of H-pyrrole nitrogens is 1. The van der Waals surface area contributed by atoms with Gasteiger partial charge in [-0.05, 0) is 36.5 Å². The number of benzene rings is 1. The van der Waals surface area contributed by atoms with Gasteiger partial charge in [0.2, 0.25) is 5.58 Å². The monoisotopic (exact) mass is 309 g/mol. The molecule has 1 aromatic carbocycles. The molecule has 0 spiro atoms. The molecule has 0 saturated carbocycles. The van der Waals surface area contributed by atoms with Crippen LogP contribution in [0.1, 0.15) is 5.69 Å². The van der Waals surface area contributed by atoms with E-state index in [-0.39, 0.29) is 11.1 Å². The quantitative estimate of drug-likeness (QED) is 0.577. The SMILES string of the molecule is O=c1c2oc3ccccc3c2[nH]c(=S)n1Cc1ccccn1. The van der Waals surface area contributed by atoms with Crippen LogP contribution in [0.25, 0.3) is 22.1 Å². The first-order valence-electron chi connectivity index (χ1n) is 6.78. The summed E-state index contributed by atoms with van der Waals surface area (Å²) in [5, 5.41) is 0.852. The lowest BCUT2D eigenvalue weighted by molar-refractivity contribution is 0.637. The number of nitrogens with zero attached hydrogens (tertiary/aromatic N) is 2. The Hall–Kier alpha value is -2.73. The fourth-order valence-corrected chi connectivity index (χ4v) is 2.76. The minimum Gasteiger partial charge on any atom is -0.449 e. The molecular weight excluding hydrogens is 298 g/mol. The summed E-state index contributed by atoms with van der Waals surface area (Å²) in [5.74, 6) is 0. The maximum atomic E-state index is 12.7. The van der Waals surface area contributed by atoms with Crippen LogP contribution in [0.4, 0.5) is 0 Å². The number of rotatable bonds is 2. The Balaban J connectivity index is 1.99. The highest BCUT2D eigenvalue weighted by Crippen LogP contribution is 2.24. The molecule has 0 aliphatic carbocycles. The second-order valence-electron chi connectivity index (χ2n) is 4.94. The smallest absolute Gasteiger partial charge is 0.298 e. The van der Waals surface area contributed by atoms with Gasteiger partial charge in [0.1, 0.15) is 11.1 Å². The molecule has 0 fully saturated rings. The van der Waals surface area contributed by atoms with E-state index in [2.05, 4.69) is 9.97 Å². The van der Waals surface area contributed by atoms with Gasteiger partial charge in [0, 0.05) is 11.6 Å². The van der Waals surface area contributed by atoms with Crippen molar-refractivity contribution in [2.45, 2.75) is 6.54 Å². The highest BCUT2D eigenvalue weighted by atomic mass is 32.1. The van der Waals surface area contributed by atoms with Crippen molar-refractivity contribution in [1.82, 2.24) is 14.5 Å². The summed E-state index contributed by atoms with van der Waals surface area (Å²) in [6, 6.07) is 13.0. The molecule has 3 aromatic heterocycles. The molecule has 1 N–H and O–H groups in total. The molecule has 0 radical (unpaired) electrons. The van der Waals surface area contributed by atoms with E-state index in [0.717, 1.165) is 11.1 Å². The first-order chi connectivity index (χ1) is 10.7. The summed E-state index contributed by atoms with van der Waals surface area (Å²) in [7, 11) is 0. The van der Waals surface area contributed by atoms with Crippen molar-refractivity contribution in [2.75, 3.05) is 0 Å². The lowest BCUT2D eigenvalue weighted by Crippen LogP contribution is -2.22. The van der Waals surface area contributed by atoms with Crippen LogP contribution in [-0.2, 0) is 6.54 Å². The first-order valence-corrected chi connectivity index (χ1v) is 7.19. The van der Waals surface area contributed by atoms with Crippen molar-refractivity contribution < 1.29 is 4.42 Å². The minimum atomic E-state index is -0.249. The molecule has 22 heavy (non-hydrogen) atoms. The van der Waals surface area contributed by atoms with E-state index in [9.17, 15) is 4.79 Å². The van der Waals surface area contributed by atoms with E-state index in [4.69, 9.17) is 16.6 Å². The third kappa shape index (κ3) is 1.96. The zero-order chi connectivity index (χ0) is 15.1. The summed E-state index contributed by atoms with van der Waals surface area (Å²) in [4.78, 5) is 20.0. The fourth-order valence-electron chi connectivity index (χ4n) is 2.51. The van der Waals surface area contributed by atoms with E-state index < -0.39 is 0 Å². The lowest BCUT2D eigenvalue weighted by atomic mass is 10.2. The van der Waals surface area contributed by atoms with Gasteiger partial charge < -0.3 is 9.40 Å². The molecule has 108 valence electrons. The summed E-state index contributed by atoms with van der Waals surface area (Å²) in [6.45, 7) is 0.308. The number of hydrogen-bond donors (Lipinski definition) is 1. The van der Waals surface area contributed by atoms with E-state index in [1.807, 2.05) is 42.5 Å². The first kappa shape index (κ1) is 13.0. The van der Waals surface area contributed by atoms with Gasteiger partial charge in [0.25, 0.3) is 5.56 Å². The number of hydrogen-bond acceptors (Lipinski definition) is 4. The third-order valence-corrected chi connectivity index (χ3v) is 3.88. The molecule has 0 bridgehead atoms. The Kier molecular flexibility index (Phi) is 2.90. The average Bonchev–Trinajstić information content (AvgIpc) is 2.91. The molecule has 3 heterocycles. The molecule has 0 saturated heterocycles. The molecule has 0 aliphatic heterocycles. The van der Waals surface area contributed by atoms with Crippen molar-refractivity contribution >= 4 is 34.3 Å². The van der Waals surface area contributed by atoms with Gasteiger partial charge in [-0.1, -0.05) is 18.2 Å². The van der Waals surface area contributed by atoms with Crippen LogP contribution in [0, 0.1) is 4.77 Å². The number of aromatic nitrogens is 3. The Morgan fingerprint density at radius 1 is 1.18 bits per heavy atom. The van der Waals surface area contributed by atoms with Gasteiger partial charge in [-0.2, -0.15) is 0 Å². The van der Waals surface area contributed by atoms with E-state index in [0.29, 0.717) is 22.4 Å². The van der Waals surface area contributed by atoms with E-state index in [1.165, 1.54) is 4.57 Å². The highest BCUT2D eigenvalue weighted by Gasteiger charge is 2.13. The van der Waals surface area contributed by atoms with Crippen LogP contribution in [0.2, 0.25) is 0 Å². The van der Waals surface area contributed by atoms with Crippen molar-refractivity contribution in [3.8, 4) is 0 Å². The number of aromatic amines is 1. The number of para-hydroxylation sites is 1. The summed E-state index contributed by atoms with van der Waals surface area (Å²) in [5.41, 5.74) is 2.10. The van der Waals surface area contributed by atoms with E-state index >= 15 is 0 Å². The molecule has 0 amide bonds. The third-order valence-electron chi connectivity index (χ3n) is 3.56. The molecule has 5 nitrogen and oxygen atoms in total. The topological polar surface area (TPSA) is 63.8 Å². The van der Waals surface area contributed by atoms with Crippen LogP contribution in [0.5, 0.6) is 0 Å². The average molecular weight is 309 g/mol. The predicted octanol–water partition coefficient (Wildman–Crippen LogP) is 3.25. The van der Waals surface area contributed by atoms with Gasteiger partial charge in [-0.15, -0.1) is 0 Å². The highest BCUT2D eigenvalue weighted by molar-refractivity contribution is 7.71. The number of nitrogens with one attached hydrogen (secondary N) is 1. The lowest BCUT2D eigenvalue weighted by Gasteiger charge is -2.05. The molecule has 4 rings (SSSR count). The van der Waals surface area contributed by atoms with Crippen molar-refractivity contribution in [1.29, 1.82) is 0 Å². The molecule has 0 aliphatic rings. The zero-order valence-corrected chi connectivity index (χ0v) is 12.3. The second kappa shape index (κ2) is 4.92. The Morgan fingerprint density at radius 3 is 2.82 bits per heavy atom. The van der Waals surface area contributed by atoms with Crippen LogP contribution in [0.3, 0.4) is 0 Å². The standard InChI is InChI=1S/C16H11N3O2S/c20-15-14-13(11-6-1-2-7-12(11)21-14)18-16(22)19(15)9-10-5-3-4-8-17-10/h1-8H,9H2,(H,18,22). The number of fused-ring (bicyclic) bond motifs is 3. The number of furan rings is 1. The predicted molar refractivity (Wildman–Crippen MR) is 86.5 cm³/mol. The summed E-state index contributed by atoms with van der Waals surface area (Å²) in [6.07, 6.45) is 1.69.